The van der Waals surface area contributed by atoms with Gasteiger partial charge in [0.05, 0.1) is 0 Å². The third-order valence-electron chi connectivity index (χ3n) is 1.89. The first-order valence-corrected chi connectivity index (χ1v) is 4.57. The lowest BCUT2D eigenvalue weighted by Gasteiger charge is -2.26. The fourth-order valence-electron chi connectivity index (χ4n) is 0.961. The molecule has 1 heteroatoms. The van der Waals surface area contributed by atoms with Crippen LogP contribution in [-0.2, 0) is 0 Å². The molecule has 0 N–H and O–H groups in total. The summed E-state index contributed by atoms with van der Waals surface area (Å²) < 4.78 is 0.457. The molecule has 0 amide bonds. The summed E-state index contributed by atoms with van der Waals surface area (Å²) in [6.07, 6.45) is 7.18. The molecule has 1 aliphatic heterocycles. The second-order valence-corrected chi connectivity index (χ2v) is 4.34. The summed E-state index contributed by atoms with van der Waals surface area (Å²) in [5.41, 5.74) is 0. The topological polar surface area (TPSA) is 0 Å². The number of rotatable bonds is 1. The van der Waals surface area contributed by atoms with Gasteiger partial charge in [0, 0.05) is 4.75 Å². The van der Waals surface area contributed by atoms with E-state index in [0.29, 0.717) is 4.75 Å². The van der Waals surface area contributed by atoms with E-state index in [-0.39, 0.29) is 0 Å². The van der Waals surface area contributed by atoms with Crippen LogP contribution in [-0.4, -0.2) is 10.5 Å². The lowest BCUT2D eigenvalue weighted by Crippen LogP contribution is -2.17. The second-order valence-electron chi connectivity index (χ2n) is 2.71. The molecular formula is C8H14S. The van der Waals surface area contributed by atoms with Crippen molar-refractivity contribution in [2.75, 3.05) is 5.75 Å². The van der Waals surface area contributed by atoms with Crippen LogP contribution in [0.4, 0.5) is 0 Å². The predicted octanol–water partition coefficient (Wildman–Crippen LogP) is 2.85. The maximum atomic E-state index is 2.35. The van der Waals surface area contributed by atoms with Crippen LogP contribution in [0.1, 0.15) is 26.7 Å². The van der Waals surface area contributed by atoms with Crippen molar-refractivity contribution in [3.63, 3.8) is 0 Å². The van der Waals surface area contributed by atoms with E-state index in [1.807, 2.05) is 0 Å². The van der Waals surface area contributed by atoms with Crippen molar-refractivity contribution in [3.05, 3.63) is 12.2 Å². The van der Waals surface area contributed by atoms with Gasteiger partial charge in [-0.3, -0.25) is 0 Å². The summed E-state index contributed by atoms with van der Waals surface area (Å²) in [6, 6.07) is 0. The average molecular weight is 142 g/mol. The normalized spacial score (nSPS) is 34.9. The Morgan fingerprint density at radius 2 is 2.44 bits per heavy atom. The largest absolute Gasteiger partial charge is 0.151 e. The molecule has 1 atom stereocenters. The first kappa shape index (κ1) is 7.20. The van der Waals surface area contributed by atoms with Crippen molar-refractivity contribution >= 4 is 11.8 Å². The van der Waals surface area contributed by atoms with Gasteiger partial charge in [-0.1, -0.05) is 19.1 Å². The van der Waals surface area contributed by atoms with Gasteiger partial charge in [0.1, 0.15) is 0 Å². The molecule has 1 unspecified atom stereocenters. The fourth-order valence-corrected chi connectivity index (χ4v) is 2.08. The third kappa shape index (κ3) is 1.75. The van der Waals surface area contributed by atoms with Gasteiger partial charge in [0.15, 0.2) is 0 Å². The Balaban J connectivity index is 2.56. The molecule has 0 aromatic carbocycles. The summed E-state index contributed by atoms with van der Waals surface area (Å²) in [5.74, 6) is 1.31. The van der Waals surface area contributed by atoms with Gasteiger partial charge >= 0.3 is 0 Å². The number of hydrogen-bond acceptors (Lipinski definition) is 1. The minimum Gasteiger partial charge on any atom is -0.151 e. The average Bonchev–Trinajstić information content (AvgIpc) is 1.90. The van der Waals surface area contributed by atoms with Crippen LogP contribution in [0.2, 0.25) is 0 Å². The molecular weight excluding hydrogens is 128 g/mol. The first-order chi connectivity index (χ1) is 4.27. The Hall–Kier alpha value is 0.0900. The lowest BCUT2D eigenvalue weighted by molar-refractivity contribution is 0.744. The van der Waals surface area contributed by atoms with Gasteiger partial charge in [0.2, 0.25) is 0 Å². The van der Waals surface area contributed by atoms with E-state index >= 15 is 0 Å². The zero-order valence-corrected chi connectivity index (χ0v) is 7.00. The molecule has 1 rings (SSSR count). The smallest absolute Gasteiger partial charge is 0.0308 e. The van der Waals surface area contributed by atoms with E-state index in [1.54, 1.807) is 0 Å². The predicted molar refractivity (Wildman–Crippen MR) is 44.9 cm³/mol. The Labute approximate surface area is 61.7 Å². The van der Waals surface area contributed by atoms with Crippen LogP contribution in [0.5, 0.6) is 0 Å². The molecule has 9 heavy (non-hydrogen) atoms. The second kappa shape index (κ2) is 2.78. The molecule has 0 aromatic heterocycles. The van der Waals surface area contributed by atoms with Crippen molar-refractivity contribution in [1.82, 2.24) is 0 Å². The van der Waals surface area contributed by atoms with Crippen molar-refractivity contribution in [2.24, 2.45) is 0 Å². The number of allylic oxidation sites excluding steroid dienone is 1. The standard InChI is InChI=1S/C8H14S/c1-3-8(2)6-4-5-7-9-8/h4,6H,3,5,7H2,1-2H3. The van der Waals surface area contributed by atoms with Gasteiger partial charge in [-0.25, -0.2) is 0 Å². The van der Waals surface area contributed by atoms with Gasteiger partial charge in [0.25, 0.3) is 0 Å². The van der Waals surface area contributed by atoms with Crippen molar-refractivity contribution in [3.8, 4) is 0 Å². The summed E-state index contributed by atoms with van der Waals surface area (Å²) in [5, 5.41) is 0. The maximum Gasteiger partial charge on any atom is 0.0308 e. The van der Waals surface area contributed by atoms with Crippen LogP contribution in [0, 0.1) is 0 Å². The zero-order valence-electron chi connectivity index (χ0n) is 6.18. The van der Waals surface area contributed by atoms with E-state index in [9.17, 15) is 0 Å². The highest BCUT2D eigenvalue weighted by atomic mass is 32.2. The summed E-state index contributed by atoms with van der Waals surface area (Å²) >= 11 is 2.08. The summed E-state index contributed by atoms with van der Waals surface area (Å²) in [6.45, 7) is 4.57. The number of hydrogen-bond donors (Lipinski definition) is 0. The minimum atomic E-state index is 0.457. The highest BCUT2D eigenvalue weighted by Gasteiger charge is 2.20. The van der Waals surface area contributed by atoms with Crippen molar-refractivity contribution in [1.29, 1.82) is 0 Å². The molecule has 0 saturated heterocycles. The van der Waals surface area contributed by atoms with Crippen molar-refractivity contribution < 1.29 is 0 Å². The van der Waals surface area contributed by atoms with Crippen molar-refractivity contribution in [2.45, 2.75) is 31.4 Å². The molecule has 0 bridgehead atoms. The Kier molecular flexibility index (Phi) is 2.23. The van der Waals surface area contributed by atoms with E-state index in [0.717, 1.165) is 0 Å². The van der Waals surface area contributed by atoms with Crippen LogP contribution < -0.4 is 0 Å². The van der Waals surface area contributed by atoms with Crippen LogP contribution in [0.25, 0.3) is 0 Å². The quantitative estimate of drug-likeness (QED) is 0.507. The SMILES string of the molecule is CCC1(C)C=CCCS1. The third-order valence-corrected chi connectivity index (χ3v) is 3.41. The van der Waals surface area contributed by atoms with Gasteiger partial charge < -0.3 is 0 Å². The molecule has 0 fully saturated rings. The summed E-state index contributed by atoms with van der Waals surface area (Å²) in [7, 11) is 0. The van der Waals surface area contributed by atoms with Gasteiger partial charge in [-0.05, 0) is 25.5 Å². The molecule has 0 radical (unpaired) electrons. The molecule has 1 aliphatic rings. The maximum absolute atomic E-state index is 2.35. The highest BCUT2D eigenvalue weighted by Crippen LogP contribution is 2.33. The minimum absolute atomic E-state index is 0.457. The Morgan fingerprint density at radius 3 is 2.78 bits per heavy atom. The summed E-state index contributed by atoms with van der Waals surface area (Å²) in [4.78, 5) is 0. The highest BCUT2D eigenvalue weighted by molar-refractivity contribution is 8.00. The van der Waals surface area contributed by atoms with Gasteiger partial charge in [-0.15, -0.1) is 0 Å². The molecule has 0 aliphatic carbocycles. The van der Waals surface area contributed by atoms with E-state index in [4.69, 9.17) is 0 Å². The molecule has 1 heterocycles. The molecule has 0 saturated carbocycles. The molecule has 0 aromatic rings. The molecule has 52 valence electrons. The van der Waals surface area contributed by atoms with Crippen LogP contribution in [0.15, 0.2) is 12.2 Å². The Morgan fingerprint density at radius 1 is 1.67 bits per heavy atom. The van der Waals surface area contributed by atoms with Crippen LogP contribution in [0.3, 0.4) is 0 Å². The monoisotopic (exact) mass is 142 g/mol. The van der Waals surface area contributed by atoms with Crippen LogP contribution >= 0.6 is 11.8 Å². The molecule has 0 spiro atoms. The van der Waals surface area contributed by atoms with Gasteiger partial charge in [-0.2, -0.15) is 11.8 Å². The van der Waals surface area contributed by atoms with E-state index < -0.39 is 0 Å². The fraction of sp³-hybridized carbons (Fsp3) is 0.750. The zero-order chi connectivity index (χ0) is 6.74. The van der Waals surface area contributed by atoms with E-state index in [1.165, 1.54) is 18.6 Å². The number of thioether (sulfide) groups is 1. The molecule has 0 nitrogen and oxygen atoms in total. The lowest BCUT2D eigenvalue weighted by atomic mass is 10.1. The Bertz CT molecular complexity index is 118. The van der Waals surface area contributed by atoms with E-state index in [2.05, 4.69) is 37.8 Å². The first-order valence-electron chi connectivity index (χ1n) is 3.58.